The van der Waals surface area contributed by atoms with Crippen LogP contribution in [0.15, 0.2) is 35.9 Å². The first-order chi connectivity index (χ1) is 10.7. The van der Waals surface area contributed by atoms with E-state index >= 15 is 0 Å². The average Bonchev–Trinajstić information content (AvgIpc) is 3.03. The van der Waals surface area contributed by atoms with Crippen molar-refractivity contribution >= 4 is 16.8 Å². The molecule has 2 aliphatic heterocycles. The Kier molecular flexibility index (Phi) is 2.42. The summed E-state index contributed by atoms with van der Waals surface area (Å²) in [5.41, 5.74) is 5.41. The van der Waals surface area contributed by atoms with Gasteiger partial charge in [0.05, 0.1) is 6.04 Å². The first kappa shape index (κ1) is 12.5. The molecular formula is C19H20N2O. The highest BCUT2D eigenvalue weighted by Gasteiger charge is 2.51. The Morgan fingerprint density at radius 1 is 1.27 bits per heavy atom. The lowest BCUT2D eigenvalue weighted by Crippen LogP contribution is -2.35. The molecule has 2 aromatic rings. The van der Waals surface area contributed by atoms with Crippen LogP contribution in [-0.2, 0) is 11.2 Å². The number of fused-ring (bicyclic) bond motifs is 7. The number of nitrogens with one attached hydrogen (secondary N) is 1. The summed E-state index contributed by atoms with van der Waals surface area (Å²) < 4.78 is 0. The minimum absolute atomic E-state index is 0.200. The summed E-state index contributed by atoms with van der Waals surface area (Å²) in [6.45, 7) is 3.09. The van der Waals surface area contributed by atoms with E-state index in [1.807, 2.05) is 0 Å². The topological polar surface area (TPSA) is 36.1 Å². The Morgan fingerprint density at radius 3 is 3.05 bits per heavy atom. The number of carbonyl (C=O) groups excluding carboxylic acids is 1. The molecule has 3 atom stereocenters. The van der Waals surface area contributed by atoms with Crippen molar-refractivity contribution in [3.05, 3.63) is 47.2 Å². The first-order valence-corrected chi connectivity index (χ1v) is 8.29. The SMILES string of the molecule is CC1=CC[C@@H]2C(=O)N3CCc4c([nH]c5ccccc45)[C@H]3[C@@H]2C1. The van der Waals surface area contributed by atoms with E-state index in [2.05, 4.69) is 47.1 Å². The van der Waals surface area contributed by atoms with Crippen LogP contribution in [0.4, 0.5) is 0 Å². The molecular weight excluding hydrogens is 272 g/mol. The molecule has 5 rings (SSSR count). The fourth-order valence-corrected chi connectivity index (χ4v) is 4.89. The molecule has 1 aromatic carbocycles. The third kappa shape index (κ3) is 1.49. The summed E-state index contributed by atoms with van der Waals surface area (Å²) in [6.07, 6.45) is 5.24. The van der Waals surface area contributed by atoms with Crippen molar-refractivity contribution in [1.29, 1.82) is 0 Å². The van der Waals surface area contributed by atoms with E-state index in [4.69, 9.17) is 0 Å². The van der Waals surface area contributed by atoms with Gasteiger partial charge in [0.15, 0.2) is 0 Å². The zero-order valence-electron chi connectivity index (χ0n) is 12.8. The van der Waals surface area contributed by atoms with E-state index in [1.54, 1.807) is 0 Å². The van der Waals surface area contributed by atoms with E-state index < -0.39 is 0 Å². The molecule has 1 aromatic heterocycles. The zero-order chi connectivity index (χ0) is 14.8. The van der Waals surface area contributed by atoms with Crippen molar-refractivity contribution in [1.82, 2.24) is 9.88 Å². The minimum Gasteiger partial charge on any atom is -0.356 e. The number of H-pyrrole nitrogens is 1. The molecule has 0 bridgehead atoms. The van der Waals surface area contributed by atoms with E-state index in [1.165, 1.54) is 27.7 Å². The molecule has 1 N–H and O–H groups in total. The number of aromatic nitrogens is 1. The van der Waals surface area contributed by atoms with Gasteiger partial charge in [-0.1, -0.05) is 29.8 Å². The van der Waals surface area contributed by atoms with Crippen molar-refractivity contribution < 1.29 is 4.79 Å². The Morgan fingerprint density at radius 2 is 2.14 bits per heavy atom. The number of benzene rings is 1. The second-order valence-electron chi connectivity index (χ2n) is 7.05. The molecule has 0 unspecified atom stereocenters. The van der Waals surface area contributed by atoms with Gasteiger partial charge in [-0.2, -0.15) is 0 Å². The van der Waals surface area contributed by atoms with Crippen LogP contribution in [0.2, 0.25) is 0 Å². The number of hydrogen-bond acceptors (Lipinski definition) is 1. The smallest absolute Gasteiger partial charge is 0.226 e. The van der Waals surface area contributed by atoms with Crippen LogP contribution in [0.5, 0.6) is 0 Å². The highest BCUT2D eigenvalue weighted by atomic mass is 16.2. The van der Waals surface area contributed by atoms with Crippen LogP contribution in [0.3, 0.4) is 0 Å². The summed E-state index contributed by atoms with van der Waals surface area (Å²) in [6, 6.07) is 8.81. The maximum atomic E-state index is 12.8. The first-order valence-electron chi connectivity index (χ1n) is 8.29. The maximum absolute atomic E-state index is 12.8. The maximum Gasteiger partial charge on any atom is 0.226 e. The largest absolute Gasteiger partial charge is 0.356 e. The Labute approximate surface area is 130 Å². The Hall–Kier alpha value is -2.03. The van der Waals surface area contributed by atoms with Gasteiger partial charge < -0.3 is 9.88 Å². The van der Waals surface area contributed by atoms with Gasteiger partial charge in [0.25, 0.3) is 0 Å². The standard InChI is InChI=1S/C19H20N2O/c1-11-6-7-14-15(10-11)18-17-13(8-9-21(18)19(14)22)12-4-2-3-5-16(12)20-17/h2-6,14-15,18,20H,7-10H2,1H3/t14-,15+,18+/m0/s1. The van der Waals surface area contributed by atoms with Gasteiger partial charge in [-0.15, -0.1) is 0 Å². The highest BCUT2D eigenvalue weighted by Crippen LogP contribution is 2.51. The fraction of sp³-hybridized carbons (Fsp3) is 0.421. The molecule has 22 heavy (non-hydrogen) atoms. The number of rotatable bonds is 0. The van der Waals surface area contributed by atoms with Crippen LogP contribution in [0, 0.1) is 11.8 Å². The number of nitrogens with zero attached hydrogens (tertiary/aromatic N) is 1. The predicted octanol–water partition coefficient (Wildman–Crippen LogP) is 3.58. The van der Waals surface area contributed by atoms with E-state index in [-0.39, 0.29) is 12.0 Å². The molecule has 3 heterocycles. The summed E-state index contributed by atoms with van der Waals surface area (Å²) >= 11 is 0. The van der Waals surface area contributed by atoms with Crippen LogP contribution in [0.1, 0.15) is 37.1 Å². The fourth-order valence-electron chi connectivity index (χ4n) is 4.89. The van der Waals surface area contributed by atoms with Crippen molar-refractivity contribution in [3.8, 4) is 0 Å². The van der Waals surface area contributed by atoms with Gasteiger partial charge in [0.2, 0.25) is 5.91 Å². The van der Waals surface area contributed by atoms with Gasteiger partial charge in [0.1, 0.15) is 0 Å². The summed E-state index contributed by atoms with van der Waals surface area (Å²) in [4.78, 5) is 18.6. The van der Waals surface area contributed by atoms with E-state index in [0.717, 1.165) is 25.8 Å². The number of allylic oxidation sites excluding steroid dienone is 2. The van der Waals surface area contributed by atoms with Gasteiger partial charge in [-0.25, -0.2) is 0 Å². The van der Waals surface area contributed by atoms with Gasteiger partial charge in [0, 0.05) is 35.0 Å². The number of amides is 1. The molecule has 3 aliphatic rings. The van der Waals surface area contributed by atoms with Crippen molar-refractivity contribution in [2.45, 2.75) is 32.2 Å². The quantitative estimate of drug-likeness (QED) is 0.740. The van der Waals surface area contributed by atoms with Crippen molar-refractivity contribution in [2.24, 2.45) is 11.8 Å². The average molecular weight is 292 g/mol. The minimum atomic E-state index is 0.200. The molecule has 0 radical (unpaired) electrons. The van der Waals surface area contributed by atoms with Gasteiger partial charge in [-0.3, -0.25) is 4.79 Å². The summed E-state index contributed by atoms with van der Waals surface area (Å²) in [7, 11) is 0. The normalized spacial score (nSPS) is 30.0. The second-order valence-corrected chi connectivity index (χ2v) is 7.05. The molecule has 1 saturated heterocycles. The summed E-state index contributed by atoms with van der Waals surface area (Å²) in [5, 5.41) is 1.34. The molecule has 0 spiro atoms. The molecule has 1 amide bonds. The lowest BCUT2D eigenvalue weighted by molar-refractivity contribution is -0.132. The molecule has 1 aliphatic carbocycles. The lowest BCUT2D eigenvalue weighted by Gasteiger charge is -2.33. The predicted molar refractivity (Wildman–Crippen MR) is 86.4 cm³/mol. The van der Waals surface area contributed by atoms with Crippen LogP contribution < -0.4 is 0 Å². The molecule has 3 heteroatoms. The van der Waals surface area contributed by atoms with Crippen molar-refractivity contribution in [2.75, 3.05) is 6.54 Å². The molecule has 112 valence electrons. The van der Waals surface area contributed by atoms with Gasteiger partial charge in [-0.05, 0) is 37.8 Å². The van der Waals surface area contributed by atoms with Crippen molar-refractivity contribution in [3.63, 3.8) is 0 Å². The number of aromatic amines is 1. The number of para-hydroxylation sites is 1. The van der Waals surface area contributed by atoms with Crippen LogP contribution in [0.25, 0.3) is 10.9 Å². The third-order valence-corrected chi connectivity index (χ3v) is 5.88. The Bertz CT molecular complexity index is 816. The van der Waals surface area contributed by atoms with Crippen LogP contribution in [-0.4, -0.2) is 22.3 Å². The number of hydrogen-bond donors (Lipinski definition) is 1. The second kappa shape index (κ2) is 4.25. The molecule has 1 fully saturated rings. The molecule has 0 saturated carbocycles. The Balaban J connectivity index is 1.69. The van der Waals surface area contributed by atoms with E-state index in [9.17, 15) is 4.79 Å². The van der Waals surface area contributed by atoms with Crippen LogP contribution >= 0.6 is 0 Å². The highest BCUT2D eigenvalue weighted by molar-refractivity contribution is 5.88. The lowest BCUT2D eigenvalue weighted by atomic mass is 9.77. The summed E-state index contributed by atoms with van der Waals surface area (Å²) in [5.74, 6) is 1.03. The zero-order valence-corrected chi connectivity index (χ0v) is 12.8. The molecule has 3 nitrogen and oxygen atoms in total. The van der Waals surface area contributed by atoms with Gasteiger partial charge >= 0.3 is 0 Å². The monoisotopic (exact) mass is 292 g/mol. The number of carbonyl (C=O) groups is 1. The van der Waals surface area contributed by atoms with E-state index in [0.29, 0.717) is 11.8 Å². The third-order valence-electron chi connectivity index (χ3n) is 5.88.